The molecule has 10 bridgehead atoms. The number of benzene rings is 8. The minimum Gasteiger partial charge on any atom is -0.510 e. The summed E-state index contributed by atoms with van der Waals surface area (Å²) in [6, 6.07) is 51.5. The Morgan fingerprint density at radius 2 is 1.49 bits per heavy atom. The van der Waals surface area contributed by atoms with Gasteiger partial charge in [-0.05, 0) is 112 Å². The van der Waals surface area contributed by atoms with E-state index in [1.165, 1.54) is 16.7 Å². The van der Waals surface area contributed by atoms with E-state index in [0.717, 1.165) is 28.0 Å². The maximum atomic E-state index is 9.49. The number of aryl methyl sites for hydroxylation is 1. The number of hydrogen-bond donors (Lipinski definition) is 0. The molecule has 0 atom stereocenters. The zero-order valence-corrected chi connectivity index (χ0v) is 38.4. The molecule has 7 heteroatoms. The molecule has 1 aliphatic heterocycles. The predicted octanol–water partition coefficient (Wildman–Crippen LogP) is 15.8. The largest absolute Gasteiger partial charge is 0.510 e. The quantitative estimate of drug-likeness (QED) is 0.166. The van der Waals surface area contributed by atoms with Crippen molar-refractivity contribution in [1.29, 1.82) is 0 Å². The van der Waals surface area contributed by atoms with Crippen molar-refractivity contribution >= 4 is 82.4 Å². The molecule has 0 spiro atoms. The molecule has 0 aliphatic carbocycles. The molecule has 330 valence electrons. The van der Waals surface area contributed by atoms with E-state index in [-0.39, 0.29) is 71.2 Å². The van der Waals surface area contributed by atoms with Crippen molar-refractivity contribution in [3.05, 3.63) is 211 Å². The summed E-state index contributed by atoms with van der Waals surface area (Å²) < 4.78 is 117. The molecule has 0 saturated heterocycles. The topological polar surface area (TPSA) is 53.4 Å². The Morgan fingerprint density at radius 3 is 2.31 bits per heavy atom. The number of imidazole rings is 1. The normalized spacial score (nSPS) is 14.6. The van der Waals surface area contributed by atoms with Crippen LogP contribution in [0.3, 0.4) is 0 Å². The summed E-state index contributed by atoms with van der Waals surface area (Å²) in [4.78, 5) is 4.79. The average molecular weight is 1060 g/mol. The van der Waals surface area contributed by atoms with E-state index in [1.807, 2.05) is 128 Å². The Bertz CT molecular complexity index is 4540. The van der Waals surface area contributed by atoms with Gasteiger partial charge in [-0.3, -0.25) is 0 Å². The van der Waals surface area contributed by atoms with Crippen LogP contribution in [0.1, 0.15) is 45.6 Å². The van der Waals surface area contributed by atoms with Gasteiger partial charge in [0.25, 0.3) is 0 Å². The van der Waals surface area contributed by atoms with Crippen LogP contribution in [-0.4, -0.2) is 18.5 Å². The van der Waals surface area contributed by atoms with Gasteiger partial charge in [0, 0.05) is 72.0 Å². The Labute approximate surface area is 417 Å². The smallest absolute Gasteiger partial charge is 0.135 e. The van der Waals surface area contributed by atoms with Crippen molar-refractivity contribution in [3.63, 3.8) is 0 Å². The van der Waals surface area contributed by atoms with Gasteiger partial charge in [0.15, 0.2) is 0 Å². The van der Waals surface area contributed by atoms with Gasteiger partial charge in [-0.1, -0.05) is 134 Å². The van der Waals surface area contributed by atoms with Crippen molar-refractivity contribution < 1.29 is 45.0 Å². The Morgan fingerprint density at radius 1 is 0.701 bits per heavy atom. The van der Waals surface area contributed by atoms with Crippen molar-refractivity contribution in [2.24, 2.45) is 5.92 Å². The van der Waals surface area contributed by atoms with Gasteiger partial charge in [-0.2, -0.15) is 24.3 Å². The second-order valence-corrected chi connectivity index (χ2v) is 16.5. The minimum absolute atomic E-state index is 0. The van der Waals surface area contributed by atoms with Crippen LogP contribution >= 0.6 is 0 Å². The van der Waals surface area contributed by atoms with E-state index >= 15 is 0 Å². The molecule has 1 aliphatic rings. The number of rotatable bonds is 3. The van der Waals surface area contributed by atoms with Crippen LogP contribution in [0.2, 0.25) is 0 Å². The summed E-state index contributed by atoms with van der Waals surface area (Å²) in [6.45, 7) is -1.86. The van der Waals surface area contributed by atoms with Gasteiger partial charge in [0.1, 0.15) is 16.8 Å². The molecule has 0 fully saturated rings. The number of pyridine rings is 1. The van der Waals surface area contributed by atoms with Gasteiger partial charge < -0.3 is 22.4 Å². The van der Waals surface area contributed by atoms with E-state index in [1.54, 1.807) is 42.5 Å². The fraction of sp³-hybridized carbons (Fsp3) is 0.100. The van der Waals surface area contributed by atoms with E-state index in [9.17, 15) is 5.48 Å². The Hall–Kier alpha value is -7.53. The Kier molecular flexibility index (Phi) is 7.98. The first-order valence-corrected chi connectivity index (χ1v) is 21.6. The molecule has 6 heterocycles. The summed E-state index contributed by atoms with van der Waals surface area (Å²) in [5.74, 6) is -0.383. The zero-order chi connectivity index (χ0) is 53.9. The van der Waals surface area contributed by atoms with Crippen molar-refractivity contribution in [2.75, 3.05) is 0 Å². The second kappa shape index (κ2) is 17.0. The molecule has 8 aromatic carbocycles. The molecule has 13 aromatic rings. The van der Waals surface area contributed by atoms with Crippen LogP contribution in [0.5, 0.6) is 0 Å². The summed E-state index contributed by atoms with van der Waals surface area (Å²) >= 11 is 0. The molecule has 67 heavy (non-hydrogen) atoms. The van der Waals surface area contributed by atoms with Gasteiger partial charge in [-0.15, -0.1) is 29.1 Å². The predicted molar refractivity (Wildman–Crippen MR) is 272 cm³/mol. The standard InChI is InChI=1S/C60H45N4O2.Pt/c1-38(2)29-41-32-50(42-13-6-5-7-14-42)60-52(33-41)49-17-8-11-20-58(49)66-45-24-22-43(23-25-45)53-36-61-59(31-40(53)4)64-54-28-21-39(3)30-51(54)48-27-26-47(35-57(48)64)65-46-16-12-15-44(34-46)62-37-63(60)56-19-10-9-18-55(56)62;/h5-28,30-33,36-38H,29H2,1-4H3;/q-3;/i3D3,4D3,21D,28D,29D2,30D;. The number of fused-ring (bicyclic) bond motifs is 5. The first-order chi connectivity index (χ1) is 36.8. The van der Waals surface area contributed by atoms with Gasteiger partial charge >= 0.3 is 0 Å². The molecular weight excluding hydrogens is 1000 g/mol. The average Bonchev–Trinajstić information content (AvgIpc) is 3.78. The van der Waals surface area contributed by atoms with E-state index in [0.29, 0.717) is 43.8 Å². The monoisotopic (exact) mass is 1060 g/mol. The van der Waals surface area contributed by atoms with Crippen molar-refractivity contribution in [2.45, 2.75) is 33.9 Å². The molecule has 0 amide bonds. The van der Waals surface area contributed by atoms with Gasteiger partial charge in [0.2, 0.25) is 0 Å². The Balaban J connectivity index is 0.00000645. The summed E-state index contributed by atoms with van der Waals surface area (Å²) in [7, 11) is 0. The van der Waals surface area contributed by atoms with Crippen LogP contribution < -0.4 is 0 Å². The van der Waals surface area contributed by atoms with Gasteiger partial charge in [0.05, 0.1) is 4.11 Å². The molecule has 0 N–H and O–H groups in total. The number of nitrogens with zero attached hydrogens (tertiary/aromatic N) is 4. The molecular formula is C60H45N4O2Pt-3. The first kappa shape index (κ1) is 31.4. The third-order valence-corrected chi connectivity index (χ3v) is 11.9. The van der Waals surface area contributed by atoms with Crippen LogP contribution in [0.15, 0.2) is 191 Å². The number of hydrogen-bond acceptors (Lipinski definition) is 3. The van der Waals surface area contributed by atoms with Crippen molar-refractivity contribution in [3.8, 4) is 22.5 Å². The summed E-state index contributed by atoms with van der Waals surface area (Å²) in [5.41, 5.74) is 6.01. The zero-order valence-electron chi connectivity index (χ0n) is 47.1. The van der Waals surface area contributed by atoms with Crippen LogP contribution in [-0.2, 0) is 27.4 Å². The second-order valence-electron chi connectivity index (χ2n) is 16.5. The summed E-state index contributed by atoms with van der Waals surface area (Å²) in [5, 5.41) is 2.52. The molecule has 14 rings (SSSR count). The minimum atomic E-state index is -2.90. The fourth-order valence-electron chi connectivity index (χ4n) is 9.00. The number of para-hydroxylation sites is 3. The van der Waals surface area contributed by atoms with E-state index in [2.05, 4.69) is 16.7 Å². The van der Waals surface area contributed by atoms with E-state index in [4.69, 9.17) is 23.4 Å². The third kappa shape index (κ3) is 7.52. The first-order valence-electron chi connectivity index (χ1n) is 27.1. The number of aromatic nitrogens is 4. The maximum Gasteiger partial charge on any atom is 0.135 e. The SMILES string of the molecule is [2H]c1c(C([2H])([2H])[2H])c([2H])c2c3ccc4[c-]c3n(c3cc(C([2H])([2H])[2H])c(cn3)c3ccc(cc3)oc3ccccc3c3cc(C([2H])([2H])C(C)C)cc(-c5ccccc5)c3n3[cH-]n(c5[c-]c(ccc5)o4)-c4ccccc4-3)c2c1[2H].[Pt]. The van der Waals surface area contributed by atoms with Gasteiger partial charge in [-0.25, -0.2) is 4.98 Å². The molecule has 0 unspecified atom stereocenters. The molecule has 5 aromatic heterocycles. The third-order valence-electron chi connectivity index (χ3n) is 11.9. The van der Waals surface area contributed by atoms with Crippen LogP contribution in [0.25, 0.3) is 105 Å². The molecule has 0 radical (unpaired) electrons. The maximum absolute atomic E-state index is 9.49. The fourth-order valence-corrected chi connectivity index (χ4v) is 9.00. The summed E-state index contributed by atoms with van der Waals surface area (Å²) in [6.07, 6.45) is 1.65. The molecule has 6 nitrogen and oxygen atoms in total. The van der Waals surface area contributed by atoms with E-state index < -0.39 is 43.8 Å². The van der Waals surface area contributed by atoms with Crippen molar-refractivity contribution in [1.82, 2.24) is 18.5 Å². The van der Waals surface area contributed by atoms with Crippen LogP contribution in [0, 0.1) is 31.8 Å². The molecule has 0 saturated carbocycles. The van der Waals surface area contributed by atoms with Crippen LogP contribution in [0.4, 0.5) is 0 Å².